The van der Waals surface area contributed by atoms with E-state index >= 15 is 9.59 Å². The van der Waals surface area contributed by atoms with Crippen LogP contribution in [-0.2, 0) is 24.1 Å². The van der Waals surface area contributed by atoms with Crippen LogP contribution in [0.2, 0.25) is 0 Å². The second-order valence-corrected chi connectivity index (χ2v) is 29.9. The highest BCUT2D eigenvalue weighted by molar-refractivity contribution is 7.39. The van der Waals surface area contributed by atoms with Crippen molar-refractivity contribution >= 4 is 29.1 Å². The van der Waals surface area contributed by atoms with Crippen LogP contribution < -0.4 is 0 Å². The normalized spacial score (nSPS) is 16.0. The predicted molar refractivity (Wildman–Crippen MR) is 334 cm³/mol. The van der Waals surface area contributed by atoms with E-state index in [4.69, 9.17) is 18.5 Å². The van der Waals surface area contributed by atoms with Crippen molar-refractivity contribution < 1.29 is 57.9 Å². The Bertz CT molecular complexity index is 1920. The summed E-state index contributed by atoms with van der Waals surface area (Å²) < 4.78 is 25.4. The lowest BCUT2D eigenvalue weighted by atomic mass is 9.64. The van der Waals surface area contributed by atoms with Gasteiger partial charge in [0.1, 0.15) is 17.8 Å². The highest BCUT2D eigenvalue weighted by Gasteiger charge is 2.59. The maximum absolute atomic E-state index is 15.5. The zero-order valence-electron chi connectivity index (χ0n) is 53.8. The fourth-order valence-corrected chi connectivity index (χ4v) is 12.4. The fraction of sp³-hybridized carbons (Fsp3) is 0.791. The van der Waals surface area contributed by atoms with Crippen LogP contribution in [0.25, 0.3) is 0 Å². The maximum atomic E-state index is 15.5. The summed E-state index contributed by atoms with van der Waals surface area (Å²) in [4.78, 5) is 74.0. The zero-order chi connectivity index (χ0) is 61.2. The van der Waals surface area contributed by atoms with Gasteiger partial charge in [-0.1, -0.05) is 250 Å². The Balaban J connectivity index is 2.97. The van der Waals surface area contributed by atoms with E-state index < -0.39 is 72.2 Å². The SMILES string of the molecule is CCCCCCCCCCC(CC(CC(C)C(C)(C)C)OC(=O)c1ccccc1C(OP(O)O)(c1ccccc1C(=O)OC(CC(C)C(C)(C)C)CC(CCCCCCCCCC)C(C)(C)C)C(CO)(CO)COP(O)O)C(C)(C)C. The minimum absolute atomic E-state index is 0.0808. The molecule has 0 radical (unpaired) electrons. The molecule has 0 bridgehead atoms. The van der Waals surface area contributed by atoms with Crippen molar-refractivity contribution in [2.24, 2.45) is 50.7 Å². The van der Waals surface area contributed by atoms with Crippen LogP contribution in [0.15, 0.2) is 48.5 Å². The number of hydrogen-bond acceptors (Lipinski definition) is 12. The standard InChI is InChI=1S/C67H118O12P2/c1-17-19-21-23-25-27-29-31-37-52(64(11,12)13)45-54(43-50(3)62(5,6)7)77-60(70)56-39-33-35-41-58(56)67(79-81(74)75,66(47-68,48-69)49-76-80(72)73)59-42-36-34-40-57(59)61(71)78-55(44-51(4)63(8,9)10)46-53(65(14,15)16)38-32-30-28-26-24-22-20-18-2/h33-36,39-42,50-55,68-69,72-75H,17-32,37-38,43-49H2,1-16H3. The number of carbonyl (C=O) groups excluding carboxylic acids is 2. The first kappa shape index (κ1) is 75.0. The number of esters is 2. The number of aliphatic hydroxyl groups excluding tert-OH is 2. The van der Waals surface area contributed by atoms with Crippen LogP contribution in [0, 0.1) is 50.7 Å². The van der Waals surface area contributed by atoms with Gasteiger partial charge in [0.2, 0.25) is 0 Å². The first-order chi connectivity index (χ1) is 37.8. The van der Waals surface area contributed by atoms with E-state index in [2.05, 4.69) is 111 Å². The number of carbonyl (C=O) groups is 2. The van der Waals surface area contributed by atoms with E-state index in [0.29, 0.717) is 25.7 Å². The molecule has 2 aromatic rings. The summed E-state index contributed by atoms with van der Waals surface area (Å²) in [5.74, 6) is -0.872. The lowest BCUT2D eigenvalue weighted by Crippen LogP contribution is -2.56. The molecule has 14 heteroatoms. The molecule has 0 aliphatic heterocycles. The topological polar surface area (TPSA) is 192 Å². The van der Waals surface area contributed by atoms with Gasteiger partial charge in [-0.2, -0.15) is 0 Å². The summed E-state index contributed by atoms with van der Waals surface area (Å²) in [6, 6.07) is 12.6. The Morgan fingerprint density at radius 2 is 0.802 bits per heavy atom. The number of benzene rings is 2. The molecule has 0 amide bonds. The summed E-state index contributed by atoms with van der Waals surface area (Å²) in [5, 5.41) is 23.5. The number of aliphatic hydroxyl groups is 2. The number of hydrogen-bond donors (Lipinski definition) is 6. The summed E-state index contributed by atoms with van der Waals surface area (Å²) in [7, 11) is -6.58. The average Bonchev–Trinajstić information content (AvgIpc) is 3.43. The number of unbranched alkanes of at least 4 members (excludes halogenated alkanes) is 14. The molecule has 2 aromatic carbocycles. The molecule has 2 rings (SSSR count). The largest absolute Gasteiger partial charge is 0.459 e. The maximum Gasteiger partial charge on any atom is 0.338 e. The predicted octanol–water partition coefficient (Wildman–Crippen LogP) is 17.7. The molecule has 0 fully saturated rings. The molecule has 0 aliphatic rings. The number of rotatable bonds is 40. The van der Waals surface area contributed by atoms with Crippen LogP contribution in [0.1, 0.15) is 284 Å². The second kappa shape index (κ2) is 36.2. The molecule has 0 spiro atoms. The molecule has 0 aromatic heterocycles. The first-order valence-corrected chi connectivity index (χ1v) is 33.7. The smallest absolute Gasteiger partial charge is 0.338 e. The van der Waals surface area contributed by atoms with Crippen molar-refractivity contribution in [1.29, 1.82) is 0 Å². The molecule has 468 valence electrons. The van der Waals surface area contributed by atoms with E-state index in [9.17, 15) is 29.8 Å². The van der Waals surface area contributed by atoms with Crippen molar-refractivity contribution in [3.05, 3.63) is 70.8 Å². The molecule has 6 unspecified atom stereocenters. The minimum Gasteiger partial charge on any atom is -0.459 e. The molecule has 0 saturated carbocycles. The quantitative estimate of drug-likeness (QED) is 0.0211. The Kier molecular flexibility index (Phi) is 33.5. The molecule has 0 aliphatic carbocycles. The van der Waals surface area contributed by atoms with E-state index in [1.165, 1.54) is 101 Å². The van der Waals surface area contributed by atoms with Gasteiger partial charge in [-0.05, 0) is 96.0 Å². The molecule has 6 atom stereocenters. The highest BCUT2D eigenvalue weighted by atomic mass is 31.2. The Labute approximate surface area is 496 Å². The molecular weight excluding hydrogens is 1060 g/mol. The zero-order valence-corrected chi connectivity index (χ0v) is 55.6. The molecule has 0 heterocycles. The molecule has 6 N–H and O–H groups in total. The third-order valence-electron chi connectivity index (χ3n) is 18.2. The van der Waals surface area contributed by atoms with Gasteiger partial charge in [0.05, 0.1) is 36.4 Å². The van der Waals surface area contributed by atoms with Gasteiger partial charge in [0, 0.05) is 11.1 Å². The van der Waals surface area contributed by atoms with E-state index in [1.54, 1.807) is 24.3 Å². The van der Waals surface area contributed by atoms with Crippen molar-refractivity contribution in [3.8, 4) is 0 Å². The summed E-state index contributed by atoms with van der Waals surface area (Å²) in [6.45, 7) is 32.4. The summed E-state index contributed by atoms with van der Waals surface area (Å²) in [5.41, 5.74) is -5.60. The Morgan fingerprint density at radius 1 is 0.469 bits per heavy atom. The third kappa shape index (κ3) is 25.0. The van der Waals surface area contributed by atoms with E-state index in [1.807, 2.05) is 0 Å². The van der Waals surface area contributed by atoms with Gasteiger partial charge < -0.3 is 43.8 Å². The van der Waals surface area contributed by atoms with Crippen molar-refractivity contribution in [2.75, 3.05) is 19.8 Å². The molecule has 81 heavy (non-hydrogen) atoms. The van der Waals surface area contributed by atoms with Crippen LogP contribution in [0.3, 0.4) is 0 Å². The highest BCUT2D eigenvalue weighted by Crippen LogP contribution is 2.57. The van der Waals surface area contributed by atoms with Crippen LogP contribution >= 0.6 is 17.2 Å². The van der Waals surface area contributed by atoms with Gasteiger partial charge in [0.15, 0.2) is 0 Å². The third-order valence-corrected chi connectivity index (χ3v) is 19.0. The van der Waals surface area contributed by atoms with Gasteiger partial charge >= 0.3 is 29.1 Å². The Hall–Kier alpha value is -2.08. The lowest BCUT2D eigenvalue weighted by Gasteiger charge is -2.49. The van der Waals surface area contributed by atoms with Crippen LogP contribution in [0.4, 0.5) is 0 Å². The average molecular weight is 1180 g/mol. The molecular formula is C67H118O12P2. The minimum atomic E-state index is -3.46. The van der Waals surface area contributed by atoms with Crippen molar-refractivity contribution in [3.63, 3.8) is 0 Å². The first-order valence-electron chi connectivity index (χ1n) is 31.3. The fourth-order valence-electron chi connectivity index (χ4n) is 11.4. The van der Waals surface area contributed by atoms with Crippen LogP contribution in [0.5, 0.6) is 0 Å². The van der Waals surface area contributed by atoms with Gasteiger partial charge in [-0.15, -0.1) is 0 Å². The van der Waals surface area contributed by atoms with Gasteiger partial charge in [0.25, 0.3) is 0 Å². The monoisotopic (exact) mass is 1180 g/mol. The van der Waals surface area contributed by atoms with Crippen molar-refractivity contribution in [2.45, 2.75) is 270 Å². The van der Waals surface area contributed by atoms with Crippen LogP contribution in [-0.4, -0.2) is 73.8 Å². The van der Waals surface area contributed by atoms with Gasteiger partial charge in [-0.3, -0.25) is 4.52 Å². The molecule has 0 saturated heterocycles. The summed E-state index contributed by atoms with van der Waals surface area (Å²) in [6.07, 6.45) is 22.4. The number of ether oxygens (including phenoxy) is 2. The second-order valence-electron chi connectivity index (χ2n) is 28.4. The lowest BCUT2D eigenvalue weighted by molar-refractivity contribution is -0.122. The van der Waals surface area contributed by atoms with E-state index in [0.717, 1.165) is 38.5 Å². The molecule has 12 nitrogen and oxygen atoms in total. The van der Waals surface area contributed by atoms with Crippen molar-refractivity contribution in [1.82, 2.24) is 0 Å². The van der Waals surface area contributed by atoms with E-state index in [-0.39, 0.29) is 67.6 Å². The Morgan fingerprint density at radius 3 is 1.10 bits per heavy atom. The van der Waals surface area contributed by atoms with Gasteiger partial charge in [-0.25, -0.2) is 9.59 Å². The summed E-state index contributed by atoms with van der Waals surface area (Å²) >= 11 is 0.